The van der Waals surface area contributed by atoms with Gasteiger partial charge in [-0.15, -0.1) is 0 Å². The van der Waals surface area contributed by atoms with Crippen molar-refractivity contribution in [3.63, 3.8) is 0 Å². The molecule has 1 heterocycles. The fraction of sp³-hybridized carbons (Fsp3) is 0.588. The van der Waals surface area contributed by atoms with Crippen LogP contribution in [-0.2, 0) is 4.79 Å². The third-order valence-electron chi connectivity index (χ3n) is 4.54. The van der Waals surface area contributed by atoms with Crippen LogP contribution in [0, 0.1) is 0 Å². The van der Waals surface area contributed by atoms with E-state index in [1.165, 1.54) is 6.42 Å². The molecule has 3 rings (SSSR count). The molecule has 0 bridgehead atoms. The van der Waals surface area contributed by atoms with Gasteiger partial charge in [0.1, 0.15) is 12.4 Å². The van der Waals surface area contributed by atoms with Gasteiger partial charge in [-0.05, 0) is 25.0 Å². The fourth-order valence-electron chi connectivity index (χ4n) is 3.31. The summed E-state index contributed by atoms with van der Waals surface area (Å²) in [5.41, 5.74) is 0.193. The summed E-state index contributed by atoms with van der Waals surface area (Å²) in [6.07, 6.45) is 5.00. The number of amides is 1. The fourth-order valence-corrected chi connectivity index (χ4v) is 3.31. The number of carbonyl (C=O) groups excluding carboxylic acids is 1. The lowest BCUT2D eigenvalue weighted by atomic mass is 9.85. The summed E-state index contributed by atoms with van der Waals surface area (Å²) in [4.78, 5) is 14.2. The second-order valence-corrected chi connectivity index (χ2v) is 6.25. The van der Waals surface area contributed by atoms with E-state index in [4.69, 9.17) is 4.74 Å². The molecule has 0 aromatic heterocycles. The summed E-state index contributed by atoms with van der Waals surface area (Å²) in [5, 5.41) is 13.6. The molecular formula is C17H24N2O3. The Balaban J connectivity index is 1.54. The molecule has 5 heteroatoms. The van der Waals surface area contributed by atoms with Gasteiger partial charge in [0.25, 0.3) is 0 Å². The number of hydrogen-bond acceptors (Lipinski definition) is 4. The molecule has 2 aliphatic rings. The number of nitrogens with zero attached hydrogens (tertiary/aromatic N) is 1. The molecule has 1 aliphatic heterocycles. The summed E-state index contributed by atoms with van der Waals surface area (Å²) in [7, 11) is 0. The molecule has 22 heavy (non-hydrogen) atoms. The van der Waals surface area contributed by atoms with Crippen LogP contribution in [0.15, 0.2) is 24.3 Å². The predicted octanol–water partition coefficient (Wildman–Crippen LogP) is 1.70. The van der Waals surface area contributed by atoms with E-state index in [0.717, 1.165) is 37.1 Å². The molecule has 2 N–H and O–H groups in total. The quantitative estimate of drug-likeness (QED) is 0.889. The number of benzene rings is 1. The van der Waals surface area contributed by atoms with Crippen LogP contribution in [0.25, 0.3) is 0 Å². The van der Waals surface area contributed by atoms with Crippen LogP contribution in [0.5, 0.6) is 5.75 Å². The highest BCUT2D eigenvalue weighted by Crippen LogP contribution is 2.31. The van der Waals surface area contributed by atoms with Crippen molar-refractivity contribution in [2.75, 3.05) is 31.1 Å². The third-order valence-corrected chi connectivity index (χ3v) is 4.54. The maximum atomic E-state index is 12.4. The van der Waals surface area contributed by atoms with Crippen LogP contribution >= 0.6 is 0 Å². The topological polar surface area (TPSA) is 61.8 Å². The first-order valence-corrected chi connectivity index (χ1v) is 8.13. The second kappa shape index (κ2) is 6.67. The minimum absolute atomic E-state index is 0.0233. The van der Waals surface area contributed by atoms with Gasteiger partial charge >= 0.3 is 0 Å². The number of nitrogens with one attached hydrogen (secondary N) is 1. The van der Waals surface area contributed by atoms with Crippen molar-refractivity contribution in [1.82, 2.24) is 5.32 Å². The number of carbonyl (C=O) groups is 1. The standard InChI is InChI=1S/C17H24N2O3/c20-16(12-18-13-17(21)8-4-1-5-9-17)19-10-11-22-15-7-3-2-6-14(15)19/h2-3,6-7,18,21H,1,4-5,8-13H2. The van der Waals surface area contributed by atoms with Gasteiger partial charge in [-0.2, -0.15) is 0 Å². The van der Waals surface area contributed by atoms with Crippen molar-refractivity contribution < 1.29 is 14.6 Å². The van der Waals surface area contributed by atoms with Gasteiger partial charge in [0, 0.05) is 6.54 Å². The molecule has 1 aromatic rings. The molecule has 5 nitrogen and oxygen atoms in total. The molecule has 1 aromatic carbocycles. The van der Waals surface area contributed by atoms with Crippen molar-refractivity contribution >= 4 is 11.6 Å². The van der Waals surface area contributed by atoms with Gasteiger partial charge in [-0.3, -0.25) is 4.79 Å². The predicted molar refractivity (Wildman–Crippen MR) is 85.2 cm³/mol. The minimum atomic E-state index is -0.637. The second-order valence-electron chi connectivity index (χ2n) is 6.25. The van der Waals surface area contributed by atoms with Crippen LogP contribution < -0.4 is 15.0 Å². The van der Waals surface area contributed by atoms with E-state index in [-0.39, 0.29) is 12.5 Å². The number of fused-ring (bicyclic) bond motifs is 1. The molecule has 1 saturated carbocycles. The Hall–Kier alpha value is -1.59. The molecule has 0 radical (unpaired) electrons. The van der Waals surface area contributed by atoms with Crippen molar-refractivity contribution in [2.24, 2.45) is 0 Å². The van der Waals surface area contributed by atoms with Crippen LogP contribution in [-0.4, -0.2) is 42.9 Å². The van der Waals surface area contributed by atoms with E-state index in [2.05, 4.69) is 5.32 Å². The first-order valence-electron chi connectivity index (χ1n) is 8.13. The minimum Gasteiger partial charge on any atom is -0.490 e. The molecule has 0 saturated heterocycles. The zero-order valence-corrected chi connectivity index (χ0v) is 12.9. The molecule has 1 fully saturated rings. The molecule has 0 atom stereocenters. The van der Waals surface area contributed by atoms with Gasteiger partial charge in [0.2, 0.25) is 5.91 Å². The van der Waals surface area contributed by atoms with Gasteiger partial charge in [0.05, 0.1) is 24.4 Å². The van der Waals surface area contributed by atoms with Gasteiger partial charge in [0.15, 0.2) is 0 Å². The normalized spacial score (nSPS) is 20.1. The highest BCUT2D eigenvalue weighted by atomic mass is 16.5. The molecule has 0 unspecified atom stereocenters. The maximum absolute atomic E-state index is 12.4. The first kappa shape index (κ1) is 15.3. The van der Waals surface area contributed by atoms with Crippen molar-refractivity contribution in [2.45, 2.75) is 37.7 Å². The number of hydrogen-bond donors (Lipinski definition) is 2. The largest absolute Gasteiger partial charge is 0.490 e. The maximum Gasteiger partial charge on any atom is 0.241 e. The molecule has 1 aliphatic carbocycles. The molecule has 1 amide bonds. The number of anilines is 1. The monoisotopic (exact) mass is 304 g/mol. The lowest BCUT2D eigenvalue weighted by molar-refractivity contribution is -0.118. The zero-order valence-electron chi connectivity index (χ0n) is 12.9. The number of ether oxygens (including phenoxy) is 1. The van der Waals surface area contributed by atoms with E-state index in [0.29, 0.717) is 19.7 Å². The summed E-state index contributed by atoms with van der Waals surface area (Å²) >= 11 is 0. The highest BCUT2D eigenvalue weighted by Gasteiger charge is 2.29. The van der Waals surface area contributed by atoms with Crippen molar-refractivity contribution in [1.29, 1.82) is 0 Å². The smallest absolute Gasteiger partial charge is 0.241 e. The summed E-state index contributed by atoms with van der Waals surface area (Å²) in [6, 6.07) is 7.60. The summed E-state index contributed by atoms with van der Waals surface area (Å²) in [5.74, 6) is 0.781. The number of para-hydroxylation sites is 2. The van der Waals surface area contributed by atoms with Gasteiger partial charge in [-0.25, -0.2) is 0 Å². The van der Waals surface area contributed by atoms with Gasteiger partial charge < -0.3 is 20.1 Å². The average molecular weight is 304 g/mol. The summed E-state index contributed by atoms with van der Waals surface area (Å²) in [6.45, 7) is 1.83. The Morgan fingerprint density at radius 2 is 2.05 bits per heavy atom. The summed E-state index contributed by atoms with van der Waals surface area (Å²) < 4.78 is 5.57. The Morgan fingerprint density at radius 3 is 2.86 bits per heavy atom. The Morgan fingerprint density at radius 1 is 1.27 bits per heavy atom. The Labute approximate surface area is 131 Å². The first-order chi connectivity index (χ1) is 10.7. The van der Waals surface area contributed by atoms with E-state index in [9.17, 15) is 9.90 Å². The number of aliphatic hydroxyl groups is 1. The lowest BCUT2D eigenvalue weighted by Crippen LogP contribution is -2.47. The van der Waals surface area contributed by atoms with E-state index in [1.807, 2.05) is 24.3 Å². The molecule has 120 valence electrons. The SMILES string of the molecule is O=C(CNCC1(O)CCCCC1)N1CCOc2ccccc21. The van der Waals surface area contributed by atoms with E-state index in [1.54, 1.807) is 4.90 Å². The molecule has 0 spiro atoms. The van der Waals surface area contributed by atoms with Gasteiger partial charge in [-0.1, -0.05) is 31.4 Å². The number of rotatable bonds is 4. The van der Waals surface area contributed by atoms with Crippen molar-refractivity contribution in [3.8, 4) is 5.75 Å². The van der Waals surface area contributed by atoms with E-state index >= 15 is 0 Å². The lowest BCUT2D eigenvalue weighted by Gasteiger charge is -2.33. The van der Waals surface area contributed by atoms with Crippen LogP contribution in [0.3, 0.4) is 0 Å². The zero-order chi connectivity index (χ0) is 15.4. The Bertz CT molecular complexity index is 526. The highest BCUT2D eigenvalue weighted by molar-refractivity contribution is 5.96. The van der Waals surface area contributed by atoms with Crippen LogP contribution in [0.2, 0.25) is 0 Å². The Kier molecular flexibility index (Phi) is 4.64. The van der Waals surface area contributed by atoms with E-state index < -0.39 is 5.60 Å². The van der Waals surface area contributed by atoms with Crippen molar-refractivity contribution in [3.05, 3.63) is 24.3 Å². The van der Waals surface area contributed by atoms with Crippen LogP contribution in [0.1, 0.15) is 32.1 Å². The third kappa shape index (κ3) is 3.42. The molecular weight excluding hydrogens is 280 g/mol. The van der Waals surface area contributed by atoms with Crippen LogP contribution in [0.4, 0.5) is 5.69 Å². The average Bonchev–Trinajstić information content (AvgIpc) is 2.54.